The predicted octanol–water partition coefficient (Wildman–Crippen LogP) is 11.1. The summed E-state index contributed by atoms with van der Waals surface area (Å²) in [5.74, 6) is 1.61. The fraction of sp³-hybridized carbons (Fsp3) is 0.186. The largest absolute Gasteiger partial charge is 0.497 e. The average molecular weight is 855 g/mol. The molecule has 0 saturated carbocycles. The van der Waals surface area contributed by atoms with Gasteiger partial charge in [0, 0.05) is 59.5 Å². The van der Waals surface area contributed by atoms with Crippen molar-refractivity contribution >= 4 is 74.4 Å². The Hall–Kier alpha value is -5.70. The van der Waals surface area contributed by atoms with Crippen LogP contribution in [-0.4, -0.2) is 48.6 Å². The van der Waals surface area contributed by atoms with Gasteiger partial charge in [-0.3, -0.25) is 14.8 Å². The van der Waals surface area contributed by atoms with Crippen molar-refractivity contribution in [1.29, 1.82) is 0 Å². The summed E-state index contributed by atoms with van der Waals surface area (Å²) in [5.41, 5.74) is 8.59. The van der Waals surface area contributed by atoms with Crippen LogP contribution in [0.4, 0.5) is 45.5 Å². The minimum atomic E-state index is -0.436. The van der Waals surface area contributed by atoms with Gasteiger partial charge in [0.05, 0.1) is 43.7 Å². The Morgan fingerprint density at radius 1 is 0.545 bits per heavy atom. The van der Waals surface area contributed by atoms with Gasteiger partial charge >= 0.3 is 0 Å². The number of ether oxygens (including phenoxy) is 4. The minimum absolute atomic E-state index is 0.411. The molecule has 0 aliphatic carbocycles. The third-order valence-corrected chi connectivity index (χ3v) is 7.59. The molecule has 286 valence electrons. The molecule has 4 aromatic carbocycles. The molecule has 12 heteroatoms. The van der Waals surface area contributed by atoms with Crippen LogP contribution in [0, 0.1) is 0 Å². The summed E-state index contributed by atoms with van der Waals surface area (Å²) in [6.07, 6.45) is 3.70. The number of nitrogens with one attached hydrogen (secondary N) is 4. The highest BCUT2D eigenvalue weighted by atomic mass is 127. The van der Waals surface area contributed by atoms with Crippen LogP contribution in [0.15, 0.2) is 134 Å². The highest BCUT2D eigenvalue weighted by Gasteiger charge is 2.12. The van der Waals surface area contributed by atoms with Gasteiger partial charge in [0.2, 0.25) is 6.29 Å². The summed E-state index contributed by atoms with van der Waals surface area (Å²) < 4.78 is 21.7. The summed E-state index contributed by atoms with van der Waals surface area (Å²) in [5, 5.41) is 13.4. The smallest absolute Gasteiger partial charge is 0.201 e. The molecule has 0 aliphatic rings. The number of aldehydes is 1. The molecule has 4 N–H and O–H groups in total. The number of pyridine rings is 2. The first-order chi connectivity index (χ1) is 27.0. The molecule has 0 spiro atoms. The van der Waals surface area contributed by atoms with Crippen molar-refractivity contribution in [2.24, 2.45) is 0 Å². The Kier molecular flexibility index (Phi) is 17.7. The van der Waals surface area contributed by atoms with E-state index in [1.807, 2.05) is 134 Å². The van der Waals surface area contributed by atoms with Crippen LogP contribution >= 0.6 is 22.6 Å². The number of benzene rings is 4. The Morgan fingerprint density at radius 2 is 0.945 bits per heavy atom. The molecule has 6 rings (SSSR count). The van der Waals surface area contributed by atoms with Crippen LogP contribution in [0.3, 0.4) is 0 Å². The first-order valence-corrected chi connectivity index (χ1v) is 19.7. The van der Waals surface area contributed by atoms with Crippen LogP contribution in [-0.2, 0) is 9.47 Å². The van der Waals surface area contributed by atoms with E-state index in [9.17, 15) is 4.79 Å². The van der Waals surface area contributed by atoms with Crippen molar-refractivity contribution in [3.8, 4) is 11.5 Å². The third-order valence-electron chi connectivity index (χ3n) is 7.59. The maximum Gasteiger partial charge on any atom is 0.201 e. The highest BCUT2D eigenvalue weighted by molar-refractivity contribution is 14.1. The van der Waals surface area contributed by atoms with Crippen molar-refractivity contribution in [1.82, 2.24) is 9.97 Å². The zero-order valence-corrected chi connectivity index (χ0v) is 33.7. The molecule has 2 aromatic heterocycles. The number of alkyl halides is 1. The van der Waals surface area contributed by atoms with E-state index in [-0.39, 0.29) is 0 Å². The number of rotatable bonds is 16. The van der Waals surface area contributed by atoms with Gasteiger partial charge in [-0.05, 0) is 104 Å². The molecule has 6 aromatic rings. The zero-order chi connectivity index (χ0) is 39.3. The van der Waals surface area contributed by atoms with Crippen LogP contribution in [0.25, 0.3) is 0 Å². The second-order valence-corrected chi connectivity index (χ2v) is 11.4. The SMILES string of the molecule is CCOC(OCC)c1ccc(Nc2cccc(Nc3cccc(OC)c3)c2)cn1.CI.COc1cccc(Nc2cccc(Nc3ccc(C=O)nc3)c2)c1. The van der Waals surface area contributed by atoms with Gasteiger partial charge in [-0.15, -0.1) is 0 Å². The molecule has 0 fully saturated rings. The summed E-state index contributed by atoms with van der Waals surface area (Å²) >= 11 is 2.15. The van der Waals surface area contributed by atoms with Gasteiger partial charge in [-0.2, -0.15) is 0 Å². The second kappa shape index (κ2) is 23.2. The van der Waals surface area contributed by atoms with Crippen molar-refractivity contribution in [3.05, 3.63) is 145 Å². The number of aromatic nitrogens is 2. The molecular formula is C43H47IN6O5. The fourth-order valence-corrected chi connectivity index (χ4v) is 5.11. The molecule has 2 heterocycles. The molecule has 0 radical (unpaired) electrons. The minimum Gasteiger partial charge on any atom is -0.497 e. The topological polar surface area (TPSA) is 128 Å². The van der Waals surface area contributed by atoms with E-state index in [2.05, 4.69) is 53.8 Å². The number of methoxy groups -OCH3 is 2. The monoisotopic (exact) mass is 854 g/mol. The van der Waals surface area contributed by atoms with Crippen molar-refractivity contribution < 1.29 is 23.7 Å². The number of carbonyl (C=O) groups is 1. The third kappa shape index (κ3) is 13.9. The van der Waals surface area contributed by atoms with Gasteiger partial charge in [-0.1, -0.05) is 46.9 Å². The number of carbonyl (C=O) groups excluding carboxylic acids is 1. The standard InChI is InChI=1S/C23H27N3O3.C19H17N3O2.CH3I/c1-4-28-23(29-5-2)22-13-12-20(16-24-22)26-18-9-6-8-17(14-18)25-19-10-7-11-21(15-19)27-3;1-24-19-7-3-6-16(11-19)21-14-4-2-5-15(10-14)22-17-8-9-18(13-23)20-12-17;1-2/h6-16,23,25-26H,4-5H2,1-3H3;2-13,21-22H,1H3;1H3. The van der Waals surface area contributed by atoms with Gasteiger partial charge in [0.25, 0.3) is 0 Å². The number of hydrogen-bond donors (Lipinski definition) is 4. The Morgan fingerprint density at radius 3 is 1.31 bits per heavy atom. The van der Waals surface area contributed by atoms with Crippen LogP contribution < -0.4 is 30.7 Å². The highest BCUT2D eigenvalue weighted by Crippen LogP contribution is 2.27. The number of anilines is 8. The average Bonchev–Trinajstić information content (AvgIpc) is 3.23. The summed E-state index contributed by atoms with van der Waals surface area (Å²) in [6.45, 7) is 5.02. The number of nitrogens with zero attached hydrogens (tertiary/aromatic N) is 2. The maximum atomic E-state index is 10.6. The van der Waals surface area contributed by atoms with Crippen molar-refractivity contribution in [2.45, 2.75) is 20.1 Å². The maximum absolute atomic E-state index is 10.6. The van der Waals surface area contributed by atoms with Gasteiger partial charge in [0.1, 0.15) is 17.2 Å². The molecule has 0 aliphatic heterocycles. The molecule has 55 heavy (non-hydrogen) atoms. The van der Waals surface area contributed by atoms with Gasteiger partial charge in [-0.25, -0.2) is 0 Å². The van der Waals surface area contributed by atoms with Crippen molar-refractivity contribution in [3.63, 3.8) is 0 Å². The van der Waals surface area contributed by atoms with Crippen LogP contribution in [0.5, 0.6) is 11.5 Å². The lowest BCUT2D eigenvalue weighted by atomic mass is 10.2. The summed E-state index contributed by atoms with van der Waals surface area (Å²) in [4.78, 5) is 21.1. The lowest BCUT2D eigenvalue weighted by Gasteiger charge is -2.16. The Balaban J connectivity index is 0.000000238. The van der Waals surface area contributed by atoms with Crippen LogP contribution in [0.2, 0.25) is 0 Å². The van der Waals surface area contributed by atoms with Gasteiger partial charge in [0.15, 0.2) is 6.29 Å². The van der Waals surface area contributed by atoms with Crippen LogP contribution in [0.1, 0.15) is 36.3 Å². The molecular weight excluding hydrogens is 807 g/mol. The molecule has 11 nitrogen and oxygen atoms in total. The number of hydrogen-bond acceptors (Lipinski definition) is 11. The lowest BCUT2D eigenvalue weighted by Crippen LogP contribution is -2.10. The quantitative estimate of drug-likeness (QED) is 0.0321. The van der Waals surface area contributed by atoms with Crippen molar-refractivity contribution in [2.75, 3.05) is 53.6 Å². The normalized spacial score (nSPS) is 10.2. The van der Waals surface area contributed by atoms with E-state index in [4.69, 9.17) is 18.9 Å². The van der Waals surface area contributed by atoms with E-state index in [0.717, 1.165) is 69.0 Å². The zero-order valence-electron chi connectivity index (χ0n) is 31.6. The molecule has 0 amide bonds. The summed E-state index contributed by atoms with van der Waals surface area (Å²) in [6, 6.07) is 38.9. The van der Waals surface area contributed by atoms with E-state index in [1.54, 1.807) is 32.7 Å². The Labute approximate surface area is 337 Å². The first-order valence-electron chi connectivity index (χ1n) is 17.5. The lowest BCUT2D eigenvalue weighted by molar-refractivity contribution is -0.142. The first kappa shape index (κ1) is 42.0. The molecule has 0 unspecified atom stereocenters. The molecule has 0 atom stereocenters. The molecule has 0 bridgehead atoms. The van der Waals surface area contributed by atoms with E-state index < -0.39 is 6.29 Å². The fourth-order valence-electron chi connectivity index (χ4n) is 5.11. The van der Waals surface area contributed by atoms with E-state index >= 15 is 0 Å². The Bertz CT molecular complexity index is 2030. The molecule has 0 saturated heterocycles. The number of halogens is 1. The second-order valence-electron chi connectivity index (χ2n) is 11.4. The predicted molar refractivity (Wildman–Crippen MR) is 232 cm³/mol. The van der Waals surface area contributed by atoms with E-state index in [1.165, 1.54) is 0 Å². The summed E-state index contributed by atoms with van der Waals surface area (Å²) in [7, 11) is 3.31. The van der Waals surface area contributed by atoms with E-state index in [0.29, 0.717) is 18.9 Å². The van der Waals surface area contributed by atoms with Gasteiger partial charge < -0.3 is 40.2 Å².